The number of rotatable bonds is 9. The van der Waals surface area contributed by atoms with E-state index < -0.39 is 23.3 Å². The molecule has 0 aliphatic heterocycles. The number of hydrogen-bond donors (Lipinski definition) is 3. The number of ether oxygens (including phenoxy) is 2. The molecule has 0 spiro atoms. The van der Waals surface area contributed by atoms with Crippen LogP contribution in [0.15, 0.2) is 59.5 Å². The summed E-state index contributed by atoms with van der Waals surface area (Å²) >= 11 is 0. The van der Waals surface area contributed by atoms with E-state index in [1.165, 1.54) is 25.6 Å². The maximum Gasteiger partial charge on any atom is 0.335 e. The Bertz CT molecular complexity index is 1190. The number of carboxylic acid groups (broad SMARTS) is 1. The molecule has 1 saturated carbocycles. The molecular weight excluding hydrogens is 442 g/mol. The summed E-state index contributed by atoms with van der Waals surface area (Å²) in [6.45, 7) is 0.314. The Morgan fingerprint density at radius 1 is 1.12 bits per heavy atom. The van der Waals surface area contributed by atoms with E-state index in [2.05, 4.69) is 15.6 Å². The fraction of sp³-hybridized carbons (Fsp3) is 0.250. The van der Waals surface area contributed by atoms with Crippen molar-refractivity contribution in [2.45, 2.75) is 24.8 Å². The number of amides is 2. The van der Waals surface area contributed by atoms with E-state index in [0.29, 0.717) is 41.5 Å². The second-order valence-corrected chi connectivity index (χ2v) is 7.90. The van der Waals surface area contributed by atoms with Gasteiger partial charge in [-0.1, -0.05) is 0 Å². The summed E-state index contributed by atoms with van der Waals surface area (Å²) < 4.78 is 16.3. The average molecular weight is 465 g/mol. The van der Waals surface area contributed by atoms with Gasteiger partial charge in [0.05, 0.1) is 31.0 Å². The van der Waals surface area contributed by atoms with Crippen LogP contribution >= 0.6 is 0 Å². The summed E-state index contributed by atoms with van der Waals surface area (Å²) in [5, 5.41) is 14.3. The van der Waals surface area contributed by atoms with Crippen LogP contribution in [0.1, 0.15) is 29.6 Å². The van der Waals surface area contributed by atoms with E-state index in [1.54, 1.807) is 36.5 Å². The molecule has 0 bridgehead atoms. The minimum Gasteiger partial charge on any atom is -0.496 e. The number of aromatic nitrogens is 1. The predicted octanol–water partition coefficient (Wildman–Crippen LogP) is 3.10. The smallest absolute Gasteiger partial charge is 0.335 e. The molecule has 3 N–H and O–H groups in total. The third-order valence-corrected chi connectivity index (χ3v) is 5.55. The molecule has 1 fully saturated rings. The third-order valence-electron chi connectivity index (χ3n) is 5.55. The Morgan fingerprint density at radius 2 is 1.88 bits per heavy atom. The van der Waals surface area contributed by atoms with Gasteiger partial charge in [0.15, 0.2) is 12.2 Å². The second-order valence-electron chi connectivity index (χ2n) is 7.90. The average Bonchev–Trinajstić information content (AvgIpc) is 3.37. The van der Waals surface area contributed by atoms with Crippen molar-refractivity contribution in [1.82, 2.24) is 10.3 Å². The van der Waals surface area contributed by atoms with E-state index in [1.807, 2.05) is 0 Å². The summed E-state index contributed by atoms with van der Waals surface area (Å²) in [6.07, 6.45) is 4.86. The molecule has 1 heterocycles. The highest BCUT2D eigenvalue weighted by Gasteiger charge is 2.44. The highest BCUT2D eigenvalue weighted by molar-refractivity contribution is 6.39. The van der Waals surface area contributed by atoms with Crippen molar-refractivity contribution in [2.24, 2.45) is 0 Å². The standard InChI is InChI=1S/C24H23N3O7/c1-32-19-12-16(4-7-18(19)20-13-25-14-34-20)26-21(28)22(29)27-24(8-9-24)10-11-33-17-5-2-15(3-6-17)23(30)31/h2-7,12-14H,8-11H2,1H3,(H,26,28)(H,27,29)(H,30,31). The minimum atomic E-state index is -1.01. The molecule has 1 aliphatic carbocycles. The normalized spacial score (nSPS) is 13.6. The van der Waals surface area contributed by atoms with Gasteiger partial charge < -0.3 is 29.6 Å². The molecule has 0 unspecified atom stereocenters. The van der Waals surface area contributed by atoms with Crippen molar-refractivity contribution in [1.29, 1.82) is 0 Å². The van der Waals surface area contributed by atoms with Crippen molar-refractivity contribution in [2.75, 3.05) is 19.0 Å². The van der Waals surface area contributed by atoms with Gasteiger partial charge in [0.2, 0.25) is 0 Å². The molecule has 1 aromatic heterocycles. The van der Waals surface area contributed by atoms with Gasteiger partial charge in [-0.3, -0.25) is 9.59 Å². The summed E-state index contributed by atoms with van der Waals surface area (Å²) in [6, 6.07) is 11.0. The van der Waals surface area contributed by atoms with Gasteiger partial charge in [0.1, 0.15) is 11.5 Å². The molecular formula is C24H23N3O7. The van der Waals surface area contributed by atoms with Crippen LogP contribution in [0.4, 0.5) is 5.69 Å². The van der Waals surface area contributed by atoms with Crippen LogP contribution in [0.2, 0.25) is 0 Å². The molecule has 176 valence electrons. The van der Waals surface area contributed by atoms with Gasteiger partial charge in [0.25, 0.3) is 0 Å². The van der Waals surface area contributed by atoms with E-state index in [9.17, 15) is 14.4 Å². The number of nitrogens with zero attached hydrogens (tertiary/aromatic N) is 1. The lowest BCUT2D eigenvalue weighted by molar-refractivity contribution is -0.136. The Labute approximate surface area is 194 Å². The minimum absolute atomic E-state index is 0.175. The van der Waals surface area contributed by atoms with Crippen LogP contribution in [-0.4, -0.2) is 47.1 Å². The Balaban J connectivity index is 1.29. The Morgan fingerprint density at radius 3 is 2.50 bits per heavy atom. The van der Waals surface area contributed by atoms with Crippen LogP contribution in [0.3, 0.4) is 0 Å². The van der Waals surface area contributed by atoms with Crippen LogP contribution < -0.4 is 20.1 Å². The van der Waals surface area contributed by atoms with Crippen LogP contribution in [0, 0.1) is 0 Å². The molecule has 0 atom stereocenters. The van der Waals surface area contributed by atoms with Crippen molar-refractivity contribution >= 4 is 23.5 Å². The van der Waals surface area contributed by atoms with Crippen LogP contribution in [-0.2, 0) is 9.59 Å². The molecule has 34 heavy (non-hydrogen) atoms. The van der Waals surface area contributed by atoms with Crippen LogP contribution in [0.5, 0.6) is 11.5 Å². The lowest BCUT2D eigenvalue weighted by Gasteiger charge is -2.18. The molecule has 10 nitrogen and oxygen atoms in total. The van der Waals surface area contributed by atoms with Crippen molar-refractivity contribution in [3.05, 3.63) is 60.6 Å². The van der Waals surface area contributed by atoms with E-state index in [-0.39, 0.29) is 5.56 Å². The van der Waals surface area contributed by atoms with E-state index in [0.717, 1.165) is 12.8 Å². The summed E-state index contributed by atoms with van der Waals surface area (Å²) in [5.41, 5.74) is 0.758. The third kappa shape index (κ3) is 5.34. The van der Waals surface area contributed by atoms with Crippen molar-refractivity contribution in [3.63, 3.8) is 0 Å². The largest absolute Gasteiger partial charge is 0.496 e. The number of carbonyl (C=O) groups excluding carboxylic acids is 2. The summed E-state index contributed by atoms with van der Waals surface area (Å²) in [4.78, 5) is 39.7. The number of carbonyl (C=O) groups is 3. The van der Waals surface area contributed by atoms with E-state index in [4.69, 9.17) is 19.0 Å². The summed E-state index contributed by atoms with van der Waals surface area (Å²) in [7, 11) is 1.49. The topological polar surface area (TPSA) is 140 Å². The van der Waals surface area contributed by atoms with Crippen molar-refractivity contribution < 1.29 is 33.4 Å². The van der Waals surface area contributed by atoms with Gasteiger partial charge in [-0.15, -0.1) is 0 Å². The predicted molar refractivity (Wildman–Crippen MR) is 121 cm³/mol. The first-order valence-electron chi connectivity index (χ1n) is 10.6. The summed E-state index contributed by atoms with van der Waals surface area (Å²) in [5.74, 6) is -1.01. The lowest BCUT2D eigenvalue weighted by atomic mass is 10.1. The SMILES string of the molecule is COc1cc(NC(=O)C(=O)NC2(CCOc3ccc(C(=O)O)cc3)CC2)ccc1-c1cnco1. The zero-order chi connectivity index (χ0) is 24.1. The fourth-order valence-electron chi connectivity index (χ4n) is 3.45. The van der Waals surface area contributed by atoms with Gasteiger partial charge in [-0.25, -0.2) is 9.78 Å². The zero-order valence-corrected chi connectivity index (χ0v) is 18.4. The van der Waals surface area contributed by atoms with Crippen molar-refractivity contribution in [3.8, 4) is 22.8 Å². The fourth-order valence-corrected chi connectivity index (χ4v) is 3.45. The molecule has 2 amide bonds. The Kier molecular flexibility index (Phi) is 6.48. The van der Waals surface area contributed by atoms with Gasteiger partial charge >= 0.3 is 17.8 Å². The monoisotopic (exact) mass is 465 g/mol. The first-order chi connectivity index (χ1) is 16.4. The number of nitrogens with one attached hydrogen (secondary N) is 2. The molecule has 10 heteroatoms. The number of aromatic carboxylic acids is 1. The zero-order valence-electron chi connectivity index (χ0n) is 18.4. The number of oxazole rings is 1. The van der Waals surface area contributed by atoms with E-state index >= 15 is 0 Å². The first kappa shape index (κ1) is 22.8. The number of hydrogen-bond acceptors (Lipinski definition) is 7. The number of benzene rings is 2. The highest BCUT2D eigenvalue weighted by atomic mass is 16.5. The van der Waals surface area contributed by atoms with Crippen LogP contribution in [0.25, 0.3) is 11.3 Å². The van der Waals surface area contributed by atoms with Gasteiger partial charge in [-0.05, 0) is 49.2 Å². The Hall–Kier alpha value is -4.34. The molecule has 1 aliphatic rings. The second kappa shape index (κ2) is 9.65. The molecule has 0 saturated heterocycles. The lowest BCUT2D eigenvalue weighted by Crippen LogP contribution is -2.44. The maximum absolute atomic E-state index is 12.5. The number of methoxy groups -OCH3 is 1. The van der Waals surface area contributed by atoms with Gasteiger partial charge in [-0.2, -0.15) is 0 Å². The molecule has 0 radical (unpaired) electrons. The quantitative estimate of drug-likeness (QED) is 0.410. The molecule has 3 aromatic rings. The first-order valence-corrected chi connectivity index (χ1v) is 10.6. The van der Waals surface area contributed by atoms with Gasteiger partial charge in [0, 0.05) is 23.7 Å². The highest BCUT2D eigenvalue weighted by Crippen LogP contribution is 2.39. The number of carboxylic acids is 1. The maximum atomic E-state index is 12.5. The number of anilines is 1. The molecule has 4 rings (SSSR count). The molecule has 2 aromatic carbocycles.